The molecule has 0 spiro atoms. The fraction of sp³-hybridized carbons (Fsp3) is 0.778. The first-order valence-corrected chi connectivity index (χ1v) is 7.27. The average molecular weight is 293 g/mol. The SMILES string of the molecule is CC(C)(C)C(OP(N)(=O)OCCO)c1n[nH]c(N)n1. The summed E-state index contributed by atoms with van der Waals surface area (Å²) in [4.78, 5) is 3.95. The standard InChI is InChI=1S/C9H20N5O4P/c1-9(2,3)6(7-12-8(10)14-13-7)18-19(11,16)17-5-4-15/h6,15H,4-5H2,1-3H3,(H2,11,16)(H3,10,12,13,14). The van der Waals surface area contributed by atoms with Gasteiger partial charge in [-0.3, -0.25) is 9.05 Å². The first kappa shape index (κ1) is 16.1. The summed E-state index contributed by atoms with van der Waals surface area (Å²) in [6.07, 6.45) is -0.768. The Kier molecular flexibility index (Phi) is 5.05. The molecule has 0 amide bonds. The smallest absolute Gasteiger partial charge is 0.394 e. The summed E-state index contributed by atoms with van der Waals surface area (Å²) in [6, 6.07) is 0. The van der Waals surface area contributed by atoms with E-state index in [0.29, 0.717) is 0 Å². The number of nitrogens with two attached hydrogens (primary N) is 2. The van der Waals surface area contributed by atoms with Crippen molar-refractivity contribution in [2.75, 3.05) is 18.9 Å². The van der Waals surface area contributed by atoms with Gasteiger partial charge >= 0.3 is 7.75 Å². The molecule has 0 radical (unpaired) electrons. The van der Waals surface area contributed by atoms with Gasteiger partial charge in [-0.1, -0.05) is 20.8 Å². The molecule has 0 fully saturated rings. The maximum Gasteiger partial charge on any atom is 0.403 e. The second-order valence-electron chi connectivity index (χ2n) is 5.03. The van der Waals surface area contributed by atoms with Crippen molar-refractivity contribution < 1.29 is 18.7 Å². The maximum absolute atomic E-state index is 11.9. The van der Waals surface area contributed by atoms with Gasteiger partial charge in [0.1, 0.15) is 6.10 Å². The third kappa shape index (κ3) is 4.88. The van der Waals surface area contributed by atoms with Crippen LogP contribution in [0.4, 0.5) is 5.95 Å². The van der Waals surface area contributed by atoms with Crippen LogP contribution in [0.1, 0.15) is 32.7 Å². The van der Waals surface area contributed by atoms with Crippen molar-refractivity contribution in [3.63, 3.8) is 0 Å². The lowest BCUT2D eigenvalue weighted by Crippen LogP contribution is -2.24. The van der Waals surface area contributed by atoms with Gasteiger partial charge in [-0.15, -0.1) is 0 Å². The minimum atomic E-state index is -3.81. The molecule has 9 nitrogen and oxygen atoms in total. The molecule has 6 N–H and O–H groups in total. The predicted octanol–water partition coefficient (Wildman–Crippen LogP) is 0.566. The van der Waals surface area contributed by atoms with Gasteiger partial charge in [-0.05, 0) is 5.41 Å². The molecule has 0 aromatic carbocycles. The first-order valence-electron chi connectivity index (χ1n) is 5.66. The second kappa shape index (κ2) is 5.98. The van der Waals surface area contributed by atoms with Gasteiger partial charge < -0.3 is 10.8 Å². The molecule has 0 saturated carbocycles. The van der Waals surface area contributed by atoms with Crippen LogP contribution in [0.2, 0.25) is 0 Å². The number of aromatic amines is 1. The highest BCUT2D eigenvalue weighted by atomic mass is 31.2. The second-order valence-corrected chi connectivity index (χ2v) is 6.58. The van der Waals surface area contributed by atoms with Crippen molar-refractivity contribution in [3.8, 4) is 0 Å². The molecule has 2 unspecified atom stereocenters. The molecule has 0 aliphatic carbocycles. The number of nitrogens with zero attached hydrogens (tertiary/aromatic N) is 2. The van der Waals surface area contributed by atoms with Gasteiger partial charge in [0.2, 0.25) is 5.95 Å². The van der Waals surface area contributed by atoms with E-state index in [0.717, 1.165) is 0 Å². The van der Waals surface area contributed by atoms with E-state index < -0.39 is 19.3 Å². The monoisotopic (exact) mass is 293 g/mol. The molecular weight excluding hydrogens is 273 g/mol. The van der Waals surface area contributed by atoms with Gasteiger partial charge in [0.15, 0.2) is 5.82 Å². The van der Waals surface area contributed by atoms with E-state index in [1.165, 1.54) is 0 Å². The number of H-pyrrole nitrogens is 1. The van der Waals surface area contributed by atoms with Crippen LogP contribution in [-0.2, 0) is 13.6 Å². The van der Waals surface area contributed by atoms with Crippen molar-refractivity contribution in [3.05, 3.63) is 5.82 Å². The number of hydrogen-bond donors (Lipinski definition) is 4. The molecule has 19 heavy (non-hydrogen) atoms. The van der Waals surface area contributed by atoms with Crippen LogP contribution in [0.3, 0.4) is 0 Å². The van der Waals surface area contributed by atoms with Gasteiger partial charge in [0.05, 0.1) is 13.2 Å². The predicted molar refractivity (Wildman–Crippen MR) is 68.9 cm³/mol. The molecule has 0 saturated heterocycles. The van der Waals surface area contributed by atoms with Crippen LogP contribution in [0.15, 0.2) is 0 Å². The molecule has 0 aliphatic heterocycles. The zero-order valence-corrected chi connectivity index (χ0v) is 12.1. The molecule has 1 aromatic rings. The van der Waals surface area contributed by atoms with Crippen LogP contribution in [0.5, 0.6) is 0 Å². The first-order chi connectivity index (χ1) is 8.65. The van der Waals surface area contributed by atoms with Crippen LogP contribution >= 0.6 is 7.75 Å². The summed E-state index contributed by atoms with van der Waals surface area (Å²) in [6.45, 7) is 5.04. The number of nitrogen functional groups attached to an aromatic ring is 1. The molecule has 1 rings (SSSR count). The molecule has 0 aliphatic rings. The molecule has 1 aromatic heterocycles. The largest absolute Gasteiger partial charge is 0.403 e. The Hall–Kier alpha value is -0.990. The van der Waals surface area contributed by atoms with E-state index in [1.807, 2.05) is 20.8 Å². The molecule has 110 valence electrons. The zero-order valence-electron chi connectivity index (χ0n) is 11.2. The summed E-state index contributed by atoms with van der Waals surface area (Å²) in [7, 11) is -3.81. The Labute approximate surface area is 111 Å². The van der Waals surface area contributed by atoms with Crippen LogP contribution in [0, 0.1) is 5.41 Å². The Bertz CT molecular complexity index is 458. The van der Waals surface area contributed by atoms with E-state index in [-0.39, 0.29) is 25.0 Å². The number of aromatic nitrogens is 3. The summed E-state index contributed by atoms with van der Waals surface area (Å²) in [5, 5.41) is 15.0. The number of rotatable bonds is 6. The maximum atomic E-state index is 11.9. The number of hydrogen-bond acceptors (Lipinski definition) is 7. The normalized spacial score (nSPS) is 17.1. The van der Waals surface area contributed by atoms with E-state index >= 15 is 0 Å². The highest BCUT2D eigenvalue weighted by Crippen LogP contribution is 2.49. The third-order valence-electron chi connectivity index (χ3n) is 2.16. The van der Waals surface area contributed by atoms with Gasteiger partial charge in [0, 0.05) is 0 Å². The number of anilines is 1. The van der Waals surface area contributed by atoms with Gasteiger partial charge in [-0.2, -0.15) is 10.1 Å². The lowest BCUT2D eigenvalue weighted by Gasteiger charge is -2.29. The molecule has 2 atom stereocenters. The Morgan fingerprint density at radius 3 is 2.58 bits per heavy atom. The summed E-state index contributed by atoms with van der Waals surface area (Å²) in [5.41, 5.74) is 10.4. The van der Waals surface area contributed by atoms with E-state index in [4.69, 9.17) is 25.4 Å². The van der Waals surface area contributed by atoms with E-state index in [9.17, 15) is 4.57 Å². The third-order valence-corrected chi connectivity index (χ3v) is 3.20. The highest BCUT2D eigenvalue weighted by Gasteiger charge is 2.36. The fourth-order valence-corrected chi connectivity index (χ4v) is 2.44. The van der Waals surface area contributed by atoms with Crippen LogP contribution in [-0.4, -0.2) is 33.5 Å². The topological polar surface area (TPSA) is 149 Å². The summed E-state index contributed by atoms with van der Waals surface area (Å²) >= 11 is 0. The lowest BCUT2D eigenvalue weighted by atomic mass is 9.89. The summed E-state index contributed by atoms with van der Waals surface area (Å²) < 4.78 is 22.0. The van der Waals surface area contributed by atoms with Crippen molar-refractivity contribution >= 4 is 13.7 Å². The van der Waals surface area contributed by atoms with E-state index in [1.54, 1.807) is 0 Å². The number of aliphatic hydroxyl groups is 1. The van der Waals surface area contributed by atoms with Crippen LogP contribution in [0.25, 0.3) is 0 Å². The van der Waals surface area contributed by atoms with Gasteiger partial charge in [-0.25, -0.2) is 15.2 Å². The molecule has 1 heterocycles. The van der Waals surface area contributed by atoms with Crippen LogP contribution < -0.4 is 11.2 Å². The van der Waals surface area contributed by atoms with Crippen molar-refractivity contribution in [1.29, 1.82) is 0 Å². The van der Waals surface area contributed by atoms with E-state index in [2.05, 4.69) is 15.2 Å². The number of nitrogens with one attached hydrogen (secondary N) is 1. The molecular formula is C9H20N5O4P. The highest BCUT2D eigenvalue weighted by molar-refractivity contribution is 7.51. The molecule has 10 heteroatoms. The fourth-order valence-electron chi connectivity index (χ4n) is 1.34. The van der Waals surface area contributed by atoms with Crippen molar-refractivity contribution in [1.82, 2.24) is 15.2 Å². The molecule has 0 bridgehead atoms. The Morgan fingerprint density at radius 1 is 1.53 bits per heavy atom. The minimum Gasteiger partial charge on any atom is -0.394 e. The minimum absolute atomic E-state index is 0.121. The quantitative estimate of drug-likeness (QED) is 0.556. The Balaban J connectivity index is 2.91. The summed E-state index contributed by atoms with van der Waals surface area (Å²) in [5.74, 6) is 0.360. The zero-order chi connectivity index (χ0) is 14.7. The van der Waals surface area contributed by atoms with Crippen molar-refractivity contribution in [2.45, 2.75) is 26.9 Å². The number of aliphatic hydroxyl groups excluding tert-OH is 1. The lowest BCUT2D eigenvalue weighted by molar-refractivity contribution is 0.0529. The van der Waals surface area contributed by atoms with Crippen molar-refractivity contribution in [2.24, 2.45) is 10.9 Å². The Morgan fingerprint density at radius 2 is 2.16 bits per heavy atom. The average Bonchev–Trinajstić information content (AvgIpc) is 2.68. The van der Waals surface area contributed by atoms with Gasteiger partial charge in [0.25, 0.3) is 0 Å².